The van der Waals surface area contributed by atoms with Crippen molar-refractivity contribution in [2.75, 3.05) is 5.32 Å². The van der Waals surface area contributed by atoms with Crippen LogP contribution in [0.25, 0.3) is 44.4 Å². The first-order chi connectivity index (χ1) is 21.4. The second kappa shape index (κ2) is 10.9. The lowest BCUT2D eigenvalue weighted by atomic mass is 10.1. The fourth-order valence-corrected chi connectivity index (χ4v) is 5.51. The van der Waals surface area contributed by atoms with Crippen LogP contribution in [-0.4, -0.2) is 26.3 Å². The summed E-state index contributed by atoms with van der Waals surface area (Å²) in [7, 11) is 0. The van der Waals surface area contributed by atoms with Crippen LogP contribution in [0.15, 0.2) is 111 Å². The highest BCUT2D eigenvalue weighted by atomic mass is 35.5. The maximum atomic E-state index is 13.8. The van der Waals surface area contributed by atoms with Gasteiger partial charge in [-0.1, -0.05) is 41.9 Å². The number of benzene rings is 4. The van der Waals surface area contributed by atoms with Crippen molar-refractivity contribution in [2.45, 2.75) is 13.5 Å². The van der Waals surface area contributed by atoms with E-state index in [1.807, 2.05) is 41.8 Å². The van der Waals surface area contributed by atoms with Gasteiger partial charge in [0, 0.05) is 38.3 Å². The van der Waals surface area contributed by atoms with Crippen LogP contribution in [0.5, 0.6) is 0 Å². The van der Waals surface area contributed by atoms with Crippen LogP contribution in [0.3, 0.4) is 0 Å². The predicted molar refractivity (Wildman–Crippen MR) is 171 cm³/mol. The molecule has 0 saturated heterocycles. The first-order valence-electron chi connectivity index (χ1n) is 13.7. The second-order valence-corrected chi connectivity index (χ2v) is 10.7. The molecule has 1 N–H and O–H groups in total. The lowest BCUT2D eigenvalue weighted by molar-refractivity contribution is -0.116. The normalized spacial score (nSPS) is 11.7. The largest absolute Gasteiger partial charge is 0.453 e. The molecule has 0 aliphatic rings. The van der Waals surface area contributed by atoms with E-state index in [4.69, 9.17) is 21.0 Å². The zero-order valence-electron chi connectivity index (χ0n) is 23.3. The summed E-state index contributed by atoms with van der Waals surface area (Å²) in [6.07, 6.45) is 1.60. The van der Waals surface area contributed by atoms with Crippen molar-refractivity contribution in [3.8, 4) is 11.6 Å². The summed E-state index contributed by atoms with van der Waals surface area (Å²) in [5.74, 6) is -0.0600. The molecule has 7 aromatic rings. The van der Waals surface area contributed by atoms with Crippen LogP contribution in [0.4, 0.5) is 10.1 Å². The van der Waals surface area contributed by atoms with Gasteiger partial charge >= 0.3 is 0 Å². The van der Waals surface area contributed by atoms with Crippen LogP contribution in [0.1, 0.15) is 11.3 Å². The van der Waals surface area contributed by atoms with Gasteiger partial charge in [0.2, 0.25) is 11.7 Å². The molecule has 0 unspecified atom stereocenters. The minimum absolute atomic E-state index is 0.0157. The fraction of sp³-hybridized carbons (Fsp3) is 0.0588. The summed E-state index contributed by atoms with van der Waals surface area (Å²) in [6.45, 7) is 1.90. The molecule has 4 aromatic carbocycles. The Kier molecular flexibility index (Phi) is 6.79. The molecule has 1 amide bonds. The summed E-state index contributed by atoms with van der Waals surface area (Å²) in [5.41, 5.74) is 3.57. The molecule has 0 bridgehead atoms. The Morgan fingerprint density at radius 3 is 2.57 bits per heavy atom. The van der Waals surface area contributed by atoms with Gasteiger partial charge < -0.3 is 14.3 Å². The molecule has 0 fully saturated rings. The third-order valence-electron chi connectivity index (χ3n) is 7.46. The molecule has 10 heteroatoms. The molecule has 7 rings (SSSR count). The Balaban J connectivity index is 1.32. The van der Waals surface area contributed by atoms with Crippen LogP contribution >= 0.6 is 11.6 Å². The third-order valence-corrected chi connectivity index (χ3v) is 7.70. The average molecular weight is 604 g/mol. The van der Waals surface area contributed by atoms with E-state index in [1.165, 1.54) is 28.9 Å². The number of carbonyl (C=O) groups is 1. The summed E-state index contributed by atoms with van der Waals surface area (Å²) in [5, 5.41) is 10.0. The smallest absolute Gasteiger partial charge is 0.282 e. The van der Waals surface area contributed by atoms with Crippen molar-refractivity contribution >= 4 is 62.2 Å². The fourth-order valence-electron chi connectivity index (χ4n) is 5.33. The van der Waals surface area contributed by atoms with Crippen LogP contribution < -0.4 is 10.9 Å². The highest BCUT2D eigenvalue weighted by molar-refractivity contribution is 6.31. The van der Waals surface area contributed by atoms with Crippen LogP contribution in [-0.2, 0) is 11.3 Å². The number of hydrogen-bond donors (Lipinski definition) is 1. The molecule has 3 heterocycles. The molecule has 0 aliphatic carbocycles. The number of hydrogen-bond acceptors (Lipinski definition) is 5. The topological polar surface area (TPSA) is 94.4 Å². The number of rotatable bonds is 6. The van der Waals surface area contributed by atoms with Gasteiger partial charge in [0.15, 0.2) is 5.76 Å². The number of fused-ring (bicyclic) bond motifs is 3. The average Bonchev–Trinajstić information content (AvgIpc) is 3.56. The van der Waals surface area contributed by atoms with Gasteiger partial charge in [-0.25, -0.2) is 9.37 Å². The van der Waals surface area contributed by atoms with Gasteiger partial charge in [-0.15, -0.1) is 0 Å². The van der Waals surface area contributed by atoms with Crippen molar-refractivity contribution in [2.24, 2.45) is 5.10 Å². The van der Waals surface area contributed by atoms with E-state index in [2.05, 4.69) is 10.4 Å². The molecule has 44 heavy (non-hydrogen) atoms. The number of nitrogens with one attached hydrogen (secondary N) is 1. The van der Waals surface area contributed by atoms with E-state index in [-0.39, 0.29) is 29.7 Å². The zero-order chi connectivity index (χ0) is 30.4. The molecule has 0 radical (unpaired) electrons. The van der Waals surface area contributed by atoms with Crippen LogP contribution in [0, 0.1) is 12.7 Å². The molecule has 216 valence electrons. The summed E-state index contributed by atoms with van der Waals surface area (Å²) in [6, 6.07) is 27.3. The SMILES string of the molecule is Cc1c(C=Nn2c(-c3cc4cc(Cl)ccc4o3)nc3ccccc3c2=O)c2ccccc2n1CC(=O)Nc1ccc(F)cc1. The monoisotopic (exact) mass is 603 g/mol. The van der Waals surface area contributed by atoms with Crippen molar-refractivity contribution in [3.05, 3.63) is 130 Å². The predicted octanol–water partition coefficient (Wildman–Crippen LogP) is 7.39. The second-order valence-electron chi connectivity index (χ2n) is 10.3. The minimum atomic E-state index is -0.382. The number of halogens is 2. The lowest BCUT2D eigenvalue weighted by Crippen LogP contribution is -2.20. The van der Waals surface area contributed by atoms with Gasteiger partial charge in [0.1, 0.15) is 17.9 Å². The van der Waals surface area contributed by atoms with Crippen molar-refractivity contribution in [1.82, 2.24) is 14.2 Å². The van der Waals surface area contributed by atoms with E-state index in [0.29, 0.717) is 33.0 Å². The van der Waals surface area contributed by atoms with E-state index >= 15 is 0 Å². The molecule has 0 spiro atoms. The minimum Gasteiger partial charge on any atom is -0.453 e. The molecule has 0 aliphatic heterocycles. The number of amides is 1. The highest BCUT2D eigenvalue weighted by Gasteiger charge is 2.19. The summed E-state index contributed by atoms with van der Waals surface area (Å²) in [4.78, 5) is 31.5. The Hall–Kier alpha value is -5.54. The third kappa shape index (κ3) is 4.93. The molecule has 8 nitrogen and oxygen atoms in total. The molecule has 0 atom stereocenters. The number of nitrogens with zero attached hydrogens (tertiary/aromatic N) is 4. The number of anilines is 1. The van der Waals surface area contributed by atoms with E-state index in [1.54, 1.807) is 48.7 Å². The van der Waals surface area contributed by atoms with Crippen LogP contribution in [0.2, 0.25) is 5.02 Å². The van der Waals surface area contributed by atoms with E-state index in [9.17, 15) is 14.0 Å². The number of furan rings is 1. The Morgan fingerprint density at radius 2 is 1.75 bits per heavy atom. The first kappa shape index (κ1) is 27.3. The molecular formula is C34H23ClFN5O3. The van der Waals surface area contributed by atoms with Crippen molar-refractivity contribution < 1.29 is 13.6 Å². The lowest BCUT2D eigenvalue weighted by Gasteiger charge is -2.10. The maximum absolute atomic E-state index is 13.8. The zero-order valence-corrected chi connectivity index (χ0v) is 24.0. The van der Waals surface area contributed by atoms with Crippen molar-refractivity contribution in [1.29, 1.82) is 0 Å². The maximum Gasteiger partial charge on any atom is 0.282 e. The Labute approximate surface area is 254 Å². The summed E-state index contributed by atoms with van der Waals surface area (Å²) < 4.78 is 22.5. The Bertz CT molecular complexity index is 2320. The van der Waals surface area contributed by atoms with Crippen molar-refractivity contribution in [3.63, 3.8) is 0 Å². The van der Waals surface area contributed by atoms with Gasteiger partial charge in [-0.2, -0.15) is 9.78 Å². The van der Waals surface area contributed by atoms with E-state index < -0.39 is 0 Å². The summed E-state index contributed by atoms with van der Waals surface area (Å²) >= 11 is 6.19. The van der Waals surface area contributed by atoms with Gasteiger partial charge in [-0.05, 0) is 73.7 Å². The Morgan fingerprint density at radius 1 is 1.00 bits per heavy atom. The molecular weight excluding hydrogens is 581 g/mol. The number of para-hydroxylation sites is 2. The van der Waals surface area contributed by atoms with Gasteiger partial charge in [0.05, 0.1) is 17.1 Å². The van der Waals surface area contributed by atoms with E-state index in [0.717, 1.165) is 27.5 Å². The quantitative estimate of drug-likeness (QED) is 0.201. The molecule has 3 aromatic heterocycles. The first-order valence-corrected chi connectivity index (χ1v) is 14.1. The standard InChI is InChI=1S/C34H23ClFN5O3/c1-20-27(25-6-3-5-9-29(25)40(20)19-32(42)38-24-13-11-23(36)12-14-24)18-37-41-33(39-28-8-4-2-7-26(28)34(41)43)31-17-21-16-22(35)10-15-30(21)44-31/h2-18H,19H2,1H3,(H,38,42). The number of aromatic nitrogens is 3. The molecule has 0 saturated carbocycles. The number of carbonyl (C=O) groups excluding carboxylic acids is 1. The van der Waals surface area contributed by atoms with Gasteiger partial charge in [-0.3, -0.25) is 9.59 Å². The van der Waals surface area contributed by atoms with Gasteiger partial charge in [0.25, 0.3) is 5.56 Å². The highest BCUT2D eigenvalue weighted by Crippen LogP contribution is 2.30.